The lowest BCUT2D eigenvalue weighted by Gasteiger charge is -2.32. The summed E-state index contributed by atoms with van der Waals surface area (Å²) in [5, 5.41) is 3.04. The molecule has 4 heteroatoms. The molecule has 0 aromatic heterocycles. The number of amides is 2. The molecule has 0 aliphatic carbocycles. The predicted molar refractivity (Wildman–Crippen MR) is 87.7 cm³/mol. The van der Waals surface area contributed by atoms with Crippen molar-refractivity contribution in [3.05, 3.63) is 30.3 Å². The maximum Gasteiger partial charge on any atom is 0.317 e. The number of nitrogens with one attached hydrogen (secondary N) is 1. The number of likely N-dealkylation sites (N-methyl/N-ethyl adjacent to an activating group) is 1. The summed E-state index contributed by atoms with van der Waals surface area (Å²) in [6.45, 7) is 5.52. The Hall–Kier alpha value is -1.71. The highest BCUT2D eigenvalue weighted by molar-refractivity contribution is 5.74. The second-order valence-corrected chi connectivity index (χ2v) is 5.85. The van der Waals surface area contributed by atoms with Crippen molar-refractivity contribution in [2.24, 2.45) is 5.92 Å². The molecule has 1 unspecified atom stereocenters. The third-order valence-corrected chi connectivity index (χ3v) is 4.30. The first-order valence-corrected chi connectivity index (χ1v) is 7.99. The summed E-state index contributed by atoms with van der Waals surface area (Å²) >= 11 is 0. The van der Waals surface area contributed by atoms with Gasteiger partial charge in [-0.25, -0.2) is 4.79 Å². The second-order valence-electron chi connectivity index (χ2n) is 5.85. The third kappa shape index (κ3) is 4.66. The van der Waals surface area contributed by atoms with Gasteiger partial charge in [0.1, 0.15) is 0 Å². The van der Waals surface area contributed by atoms with E-state index in [9.17, 15) is 4.79 Å². The Morgan fingerprint density at radius 2 is 2.14 bits per heavy atom. The fourth-order valence-corrected chi connectivity index (χ4v) is 2.84. The molecule has 1 heterocycles. The van der Waals surface area contributed by atoms with Crippen molar-refractivity contribution in [2.75, 3.05) is 38.1 Å². The lowest BCUT2D eigenvalue weighted by Crippen LogP contribution is -2.47. The minimum absolute atomic E-state index is 0.0922. The molecule has 1 aromatic rings. The van der Waals surface area contributed by atoms with Crippen LogP contribution in [0.2, 0.25) is 0 Å². The highest BCUT2D eigenvalue weighted by atomic mass is 16.2. The molecule has 21 heavy (non-hydrogen) atoms. The largest absolute Gasteiger partial charge is 0.373 e. The number of piperidine rings is 1. The van der Waals surface area contributed by atoms with Crippen molar-refractivity contribution < 1.29 is 4.79 Å². The maximum absolute atomic E-state index is 12.2. The van der Waals surface area contributed by atoms with E-state index >= 15 is 0 Å². The van der Waals surface area contributed by atoms with E-state index < -0.39 is 0 Å². The molecule has 2 amide bonds. The predicted octanol–water partition coefficient (Wildman–Crippen LogP) is 2.95. The van der Waals surface area contributed by atoms with E-state index in [4.69, 9.17) is 0 Å². The van der Waals surface area contributed by atoms with Gasteiger partial charge in [-0.15, -0.1) is 0 Å². The summed E-state index contributed by atoms with van der Waals surface area (Å²) in [4.78, 5) is 16.3. The normalized spacial score (nSPS) is 18.4. The molecule has 0 saturated carbocycles. The van der Waals surface area contributed by atoms with Crippen LogP contribution in [0.1, 0.15) is 26.2 Å². The Labute approximate surface area is 128 Å². The average molecular weight is 289 g/mol. The van der Waals surface area contributed by atoms with Crippen molar-refractivity contribution in [3.63, 3.8) is 0 Å². The van der Waals surface area contributed by atoms with E-state index in [1.165, 1.54) is 18.5 Å². The third-order valence-electron chi connectivity index (χ3n) is 4.30. The fourth-order valence-electron chi connectivity index (χ4n) is 2.84. The lowest BCUT2D eigenvalue weighted by molar-refractivity contribution is 0.164. The molecular weight excluding hydrogens is 262 g/mol. The zero-order valence-electron chi connectivity index (χ0n) is 13.2. The standard InChI is InChI=1S/C17H27N3O/c1-3-15-8-7-12-20(14-15)17(21)18-11-13-19(2)16-9-5-4-6-10-16/h4-6,9-10,15H,3,7-8,11-14H2,1-2H3,(H,18,21). The van der Waals surface area contributed by atoms with Crippen LogP contribution in [0.5, 0.6) is 0 Å². The monoisotopic (exact) mass is 289 g/mol. The Morgan fingerprint density at radius 3 is 2.86 bits per heavy atom. The van der Waals surface area contributed by atoms with Crippen LogP contribution < -0.4 is 10.2 Å². The molecule has 1 saturated heterocycles. The highest BCUT2D eigenvalue weighted by Crippen LogP contribution is 2.18. The van der Waals surface area contributed by atoms with Gasteiger partial charge in [0.15, 0.2) is 0 Å². The second kappa shape index (κ2) is 7.91. The molecule has 116 valence electrons. The Kier molecular flexibility index (Phi) is 5.90. The van der Waals surface area contributed by atoms with Crippen molar-refractivity contribution in [2.45, 2.75) is 26.2 Å². The maximum atomic E-state index is 12.2. The smallest absolute Gasteiger partial charge is 0.317 e. The highest BCUT2D eigenvalue weighted by Gasteiger charge is 2.22. The number of urea groups is 1. The number of likely N-dealkylation sites (tertiary alicyclic amines) is 1. The van der Waals surface area contributed by atoms with E-state index in [1.807, 2.05) is 23.1 Å². The first-order chi connectivity index (χ1) is 10.2. The summed E-state index contributed by atoms with van der Waals surface area (Å²) in [5.41, 5.74) is 1.18. The quantitative estimate of drug-likeness (QED) is 0.904. The van der Waals surface area contributed by atoms with Gasteiger partial charge >= 0.3 is 6.03 Å². The summed E-state index contributed by atoms with van der Waals surface area (Å²) in [6, 6.07) is 10.3. The minimum Gasteiger partial charge on any atom is -0.373 e. The van der Waals surface area contributed by atoms with Crippen LogP contribution in [0.4, 0.5) is 10.5 Å². The van der Waals surface area contributed by atoms with E-state index in [0.29, 0.717) is 12.5 Å². The number of hydrogen-bond donors (Lipinski definition) is 1. The van der Waals surface area contributed by atoms with Crippen molar-refractivity contribution in [1.82, 2.24) is 10.2 Å². The molecule has 1 aliphatic heterocycles. The zero-order chi connectivity index (χ0) is 15.1. The van der Waals surface area contributed by atoms with Crippen LogP contribution in [0.3, 0.4) is 0 Å². The fraction of sp³-hybridized carbons (Fsp3) is 0.588. The first-order valence-electron chi connectivity index (χ1n) is 7.99. The van der Waals surface area contributed by atoms with Gasteiger partial charge in [-0.2, -0.15) is 0 Å². The van der Waals surface area contributed by atoms with Gasteiger partial charge in [0, 0.05) is 38.9 Å². The number of rotatable bonds is 5. The number of anilines is 1. The van der Waals surface area contributed by atoms with Gasteiger partial charge in [0.05, 0.1) is 0 Å². The molecule has 4 nitrogen and oxygen atoms in total. The van der Waals surface area contributed by atoms with Crippen LogP contribution in [-0.4, -0.2) is 44.2 Å². The summed E-state index contributed by atoms with van der Waals surface area (Å²) < 4.78 is 0. The van der Waals surface area contributed by atoms with Crippen LogP contribution in [0.25, 0.3) is 0 Å². The van der Waals surface area contributed by atoms with Gasteiger partial charge < -0.3 is 15.1 Å². The Bertz CT molecular complexity index is 435. The number of carbonyl (C=O) groups excluding carboxylic acids is 1. The number of benzene rings is 1. The molecule has 1 atom stereocenters. The molecule has 1 aromatic carbocycles. The van der Waals surface area contributed by atoms with E-state index in [1.54, 1.807) is 0 Å². The van der Waals surface area contributed by atoms with E-state index in [0.717, 1.165) is 26.1 Å². The summed E-state index contributed by atoms with van der Waals surface area (Å²) in [5.74, 6) is 0.677. The molecule has 0 radical (unpaired) electrons. The van der Waals surface area contributed by atoms with Crippen molar-refractivity contribution in [3.8, 4) is 0 Å². The van der Waals surface area contributed by atoms with Crippen LogP contribution in [-0.2, 0) is 0 Å². The van der Waals surface area contributed by atoms with Gasteiger partial charge in [0.2, 0.25) is 0 Å². The zero-order valence-corrected chi connectivity index (χ0v) is 13.2. The van der Waals surface area contributed by atoms with E-state index in [-0.39, 0.29) is 6.03 Å². The number of nitrogens with zero attached hydrogens (tertiary/aromatic N) is 2. The number of hydrogen-bond acceptors (Lipinski definition) is 2. The average Bonchev–Trinajstić information content (AvgIpc) is 2.55. The molecular formula is C17H27N3O. The lowest BCUT2D eigenvalue weighted by atomic mass is 9.96. The number of para-hydroxylation sites is 1. The Balaban J connectivity index is 1.72. The molecule has 0 bridgehead atoms. The Morgan fingerprint density at radius 1 is 1.38 bits per heavy atom. The molecule has 2 rings (SSSR count). The topological polar surface area (TPSA) is 35.6 Å². The van der Waals surface area contributed by atoms with Crippen molar-refractivity contribution >= 4 is 11.7 Å². The molecule has 1 fully saturated rings. The first kappa shape index (κ1) is 15.7. The molecule has 0 spiro atoms. The van der Waals surface area contributed by atoms with Crippen LogP contribution in [0, 0.1) is 5.92 Å². The van der Waals surface area contributed by atoms with Crippen LogP contribution in [0.15, 0.2) is 30.3 Å². The van der Waals surface area contributed by atoms with Crippen LogP contribution >= 0.6 is 0 Å². The SMILES string of the molecule is CCC1CCCN(C(=O)NCCN(C)c2ccccc2)C1. The van der Waals surface area contributed by atoms with Gasteiger partial charge in [-0.1, -0.05) is 31.5 Å². The minimum atomic E-state index is 0.0922. The van der Waals surface area contributed by atoms with E-state index in [2.05, 4.69) is 36.3 Å². The summed E-state index contributed by atoms with van der Waals surface area (Å²) in [6.07, 6.45) is 3.56. The molecule has 1 N–H and O–H groups in total. The van der Waals surface area contributed by atoms with Gasteiger partial charge in [0.25, 0.3) is 0 Å². The molecule has 1 aliphatic rings. The van der Waals surface area contributed by atoms with Gasteiger partial charge in [-0.3, -0.25) is 0 Å². The van der Waals surface area contributed by atoms with Crippen molar-refractivity contribution in [1.29, 1.82) is 0 Å². The summed E-state index contributed by atoms with van der Waals surface area (Å²) in [7, 11) is 2.05. The number of carbonyl (C=O) groups is 1. The van der Waals surface area contributed by atoms with Gasteiger partial charge in [-0.05, 0) is 30.9 Å².